The number of likely N-dealkylation sites (tertiary alicyclic amines) is 1. The van der Waals surface area contributed by atoms with Gasteiger partial charge in [0.1, 0.15) is 6.61 Å². The molecule has 0 N–H and O–H groups in total. The molecule has 0 radical (unpaired) electrons. The molecule has 0 aliphatic carbocycles. The maximum atomic E-state index is 13.2. The molecule has 1 aliphatic rings. The minimum atomic E-state index is -4.07. The van der Waals surface area contributed by atoms with Crippen LogP contribution in [0.15, 0.2) is 88.7 Å². The SMILES string of the molecule is Cc1ccc(S(=O)(=O)OC[C@H]2CC[C@@H](COS(=O)(=O)c3ccc(C)cc3)N2C(=O)OCc2ccccc2)cc1. The van der Waals surface area contributed by atoms with E-state index in [2.05, 4.69) is 0 Å². The van der Waals surface area contributed by atoms with Gasteiger partial charge in [0.15, 0.2) is 0 Å². The third kappa shape index (κ3) is 7.45. The third-order valence-electron chi connectivity index (χ3n) is 6.49. The fourth-order valence-corrected chi connectivity index (χ4v) is 6.15. The van der Waals surface area contributed by atoms with Gasteiger partial charge in [0.25, 0.3) is 20.2 Å². The molecule has 1 amide bonds. The van der Waals surface area contributed by atoms with Crippen LogP contribution in [0.5, 0.6) is 0 Å². The summed E-state index contributed by atoms with van der Waals surface area (Å²) in [6.07, 6.45) is 0.0456. The van der Waals surface area contributed by atoms with E-state index in [4.69, 9.17) is 13.1 Å². The Labute approximate surface area is 229 Å². The van der Waals surface area contributed by atoms with Crippen molar-refractivity contribution < 1.29 is 34.7 Å². The quantitative estimate of drug-likeness (QED) is 0.324. The van der Waals surface area contributed by atoms with E-state index in [1.165, 1.54) is 29.2 Å². The highest BCUT2D eigenvalue weighted by Gasteiger charge is 2.40. The molecule has 0 aromatic heterocycles. The predicted octanol–water partition coefficient (Wildman–Crippen LogP) is 4.58. The first-order valence-electron chi connectivity index (χ1n) is 12.5. The normalized spacial score (nSPS) is 17.7. The van der Waals surface area contributed by atoms with Gasteiger partial charge in [-0.05, 0) is 56.5 Å². The van der Waals surface area contributed by atoms with E-state index in [0.29, 0.717) is 12.8 Å². The minimum absolute atomic E-state index is 0.000652. The van der Waals surface area contributed by atoms with Crippen molar-refractivity contribution in [3.05, 3.63) is 95.6 Å². The van der Waals surface area contributed by atoms with E-state index in [-0.39, 0.29) is 29.6 Å². The summed E-state index contributed by atoms with van der Waals surface area (Å²) in [6, 6.07) is 20.3. The Kier molecular flexibility index (Phi) is 9.06. The average Bonchev–Trinajstić information content (AvgIpc) is 3.34. The number of amides is 1. The number of aryl methyl sites for hydroxylation is 2. The smallest absolute Gasteiger partial charge is 0.410 e. The molecule has 2 atom stereocenters. The Hall–Kier alpha value is -3.25. The van der Waals surface area contributed by atoms with Crippen LogP contribution in [0.4, 0.5) is 4.79 Å². The van der Waals surface area contributed by atoms with Crippen molar-refractivity contribution in [1.82, 2.24) is 4.90 Å². The van der Waals surface area contributed by atoms with E-state index in [9.17, 15) is 21.6 Å². The van der Waals surface area contributed by atoms with Gasteiger partial charge < -0.3 is 4.74 Å². The Balaban J connectivity index is 1.47. The third-order valence-corrected chi connectivity index (χ3v) is 9.08. The van der Waals surface area contributed by atoms with Crippen LogP contribution in [0.2, 0.25) is 0 Å². The van der Waals surface area contributed by atoms with Crippen LogP contribution in [0.3, 0.4) is 0 Å². The predicted molar refractivity (Wildman–Crippen MR) is 144 cm³/mol. The van der Waals surface area contributed by atoms with Crippen LogP contribution in [0.25, 0.3) is 0 Å². The number of benzene rings is 3. The molecule has 9 nitrogen and oxygen atoms in total. The van der Waals surface area contributed by atoms with Crippen molar-refractivity contribution in [3.8, 4) is 0 Å². The molecule has 4 rings (SSSR count). The maximum absolute atomic E-state index is 13.2. The molecule has 3 aromatic rings. The summed E-state index contributed by atoms with van der Waals surface area (Å²) >= 11 is 0. The summed E-state index contributed by atoms with van der Waals surface area (Å²) in [6.45, 7) is 3.07. The second kappa shape index (κ2) is 12.3. The zero-order valence-electron chi connectivity index (χ0n) is 21.7. The molecule has 0 bridgehead atoms. The highest BCUT2D eigenvalue weighted by Crippen LogP contribution is 2.28. The fraction of sp³-hybridized carbons (Fsp3) is 0.321. The van der Waals surface area contributed by atoms with Crippen molar-refractivity contribution in [1.29, 1.82) is 0 Å². The van der Waals surface area contributed by atoms with Gasteiger partial charge in [0.05, 0.1) is 35.1 Å². The maximum Gasteiger partial charge on any atom is 0.410 e. The molecule has 0 unspecified atom stereocenters. The molecular formula is C28H31NO8S2. The second-order valence-electron chi connectivity index (χ2n) is 9.44. The number of carbonyl (C=O) groups is 1. The molecule has 39 heavy (non-hydrogen) atoms. The van der Waals surface area contributed by atoms with Crippen molar-refractivity contribution in [2.75, 3.05) is 13.2 Å². The van der Waals surface area contributed by atoms with E-state index >= 15 is 0 Å². The zero-order valence-corrected chi connectivity index (χ0v) is 23.4. The molecule has 3 aromatic carbocycles. The summed E-state index contributed by atoms with van der Waals surface area (Å²) < 4.78 is 67.1. The van der Waals surface area contributed by atoms with E-state index in [1.54, 1.807) is 36.4 Å². The van der Waals surface area contributed by atoms with Gasteiger partial charge >= 0.3 is 6.09 Å². The summed E-state index contributed by atoms with van der Waals surface area (Å²) in [5, 5.41) is 0. The first-order chi connectivity index (χ1) is 18.5. The van der Waals surface area contributed by atoms with Gasteiger partial charge in [0, 0.05) is 0 Å². The molecule has 1 saturated heterocycles. The van der Waals surface area contributed by atoms with E-state index < -0.39 is 38.4 Å². The molecule has 1 heterocycles. The van der Waals surface area contributed by atoms with E-state index in [0.717, 1.165) is 16.7 Å². The monoisotopic (exact) mass is 573 g/mol. The first-order valence-corrected chi connectivity index (χ1v) is 15.3. The highest BCUT2D eigenvalue weighted by molar-refractivity contribution is 7.87. The lowest BCUT2D eigenvalue weighted by Gasteiger charge is -2.29. The number of hydrogen-bond acceptors (Lipinski definition) is 8. The average molecular weight is 574 g/mol. The van der Waals surface area contributed by atoms with Gasteiger partial charge in [-0.25, -0.2) is 4.79 Å². The standard InChI is InChI=1S/C28H31NO8S2/c1-21-8-14-26(15-9-21)38(31,32)36-19-24-12-13-25(20-37-39(33,34)27-16-10-22(2)11-17-27)29(24)28(30)35-18-23-6-4-3-5-7-23/h3-11,14-17,24-25H,12-13,18-20H2,1-2H3/t24-,25+. The van der Waals surface area contributed by atoms with Crippen molar-refractivity contribution in [2.45, 2.75) is 55.2 Å². The lowest BCUT2D eigenvalue weighted by atomic mass is 10.2. The second-order valence-corrected chi connectivity index (χ2v) is 12.7. The number of ether oxygens (including phenoxy) is 1. The molecule has 0 spiro atoms. The Morgan fingerprint density at radius 2 is 1.15 bits per heavy atom. The number of hydrogen-bond donors (Lipinski definition) is 0. The van der Waals surface area contributed by atoms with Crippen molar-refractivity contribution in [3.63, 3.8) is 0 Å². The van der Waals surface area contributed by atoms with Crippen molar-refractivity contribution in [2.24, 2.45) is 0 Å². The lowest BCUT2D eigenvalue weighted by Crippen LogP contribution is -2.45. The first kappa shape index (κ1) is 28.8. The number of nitrogens with zero attached hydrogens (tertiary/aromatic N) is 1. The largest absolute Gasteiger partial charge is 0.445 e. The topological polar surface area (TPSA) is 116 Å². The minimum Gasteiger partial charge on any atom is -0.445 e. The molecule has 0 saturated carbocycles. The van der Waals surface area contributed by atoms with Crippen LogP contribution in [-0.4, -0.2) is 53.1 Å². The van der Waals surface area contributed by atoms with E-state index in [1.807, 2.05) is 32.0 Å². The molecule has 208 valence electrons. The number of carbonyl (C=O) groups excluding carboxylic acids is 1. The van der Waals surface area contributed by atoms with Gasteiger partial charge in [-0.1, -0.05) is 65.7 Å². The lowest BCUT2D eigenvalue weighted by molar-refractivity contribution is 0.0592. The van der Waals surface area contributed by atoms with Gasteiger partial charge in [-0.15, -0.1) is 0 Å². The van der Waals surface area contributed by atoms with Gasteiger partial charge in [-0.2, -0.15) is 16.8 Å². The zero-order chi connectivity index (χ0) is 28.0. The Bertz CT molecular complexity index is 1390. The fourth-order valence-electron chi connectivity index (χ4n) is 4.26. The highest BCUT2D eigenvalue weighted by atomic mass is 32.2. The molecule has 1 aliphatic heterocycles. The van der Waals surface area contributed by atoms with Crippen LogP contribution in [-0.2, 0) is 39.9 Å². The molecule has 1 fully saturated rings. The molecular weight excluding hydrogens is 542 g/mol. The van der Waals surface area contributed by atoms with Gasteiger partial charge in [-0.3, -0.25) is 13.3 Å². The summed E-state index contributed by atoms with van der Waals surface area (Å²) in [7, 11) is -8.13. The number of rotatable bonds is 10. The summed E-state index contributed by atoms with van der Waals surface area (Å²) in [5.41, 5.74) is 2.58. The molecule has 11 heteroatoms. The summed E-state index contributed by atoms with van der Waals surface area (Å²) in [4.78, 5) is 14.5. The van der Waals surface area contributed by atoms with Crippen LogP contribution >= 0.6 is 0 Å². The van der Waals surface area contributed by atoms with Crippen LogP contribution in [0.1, 0.15) is 29.5 Å². The Morgan fingerprint density at radius 1 is 0.718 bits per heavy atom. The Morgan fingerprint density at radius 3 is 1.59 bits per heavy atom. The van der Waals surface area contributed by atoms with Crippen LogP contribution in [0, 0.1) is 13.8 Å². The van der Waals surface area contributed by atoms with Crippen molar-refractivity contribution >= 4 is 26.3 Å². The van der Waals surface area contributed by atoms with Gasteiger partial charge in [0.2, 0.25) is 0 Å². The van der Waals surface area contributed by atoms with Crippen LogP contribution < -0.4 is 0 Å². The summed E-state index contributed by atoms with van der Waals surface area (Å²) in [5.74, 6) is 0.